The molecule has 3 rings (SSSR count). The predicted octanol–water partition coefficient (Wildman–Crippen LogP) is 3.31. The summed E-state index contributed by atoms with van der Waals surface area (Å²) >= 11 is 3.08. The molecule has 0 saturated heterocycles. The van der Waals surface area contributed by atoms with Crippen LogP contribution in [0.15, 0.2) is 6.07 Å². The lowest BCUT2D eigenvalue weighted by Crippen LogP contribution is -2.26. The smallest absolute Gasteiger partial charge is 0.267 e. The number of thiazole rings is 1. The van der Waals surface area contributed by atoms with Crippen molar-refractivity contribution in [2.75, 3.05) is 5.32 Å². The molecule has 0 radical (unpaired) electrons. The molecular weight excluding hydrogens is 326 g/mol. The zero-order chi connectivity index (χ0) is 14.3. The van der Waals surface area contributed by atoms with E-state index in [2.05, 4.69) is 10.3 Å². The van der Waals surface area contributed by atoms with Crippen molar-refractivity contribution in [1.29, 1.82) is 0 Å². The first-order chi connectivity index (χ1) is 9.52. The topological polar surface area (TPSA) is 68.0 Å². The van der Waals surface area contributed by atoms with E-state index in [1.165, 1.54) is 21.1 Å². The molecule has 0 saturated carbocycles. The predicted molar refractivity (Wildman–Crippen MR) is 91.1 cm³/mol. The van der Waals surface area contributed by atoms with E-state index in [-0.39, 0.29) is 24.4 Å². The highest BCUT2D eigenvalue weighted by Crippen LogP contribution is 2.30. The summed E-state index contributed by atoms with van der Waals surface area (Å²) in [6.07, 6.45) is 2.77. The largest absolute Gasteiger partial charge is 0.327 e. The first-order valence-corrected chi connectivity index (χ1v) is 8.29. The zero-order valence-corrected chi connectivity index (χ0v) is 14.4. The molecule has 0 unspecified atom stereocenters. The van der Waals surface area contributed by atoms with Gasteiger partial charge >= 0.3 is 0 Å². The second kappa shape index (κ2) is 6.44. The molecule has 2 heterocycles. The lowest BCUT2D eigenvalue weighted by atomic mass is 9.99. The summed E-state index contributed by atoms with van der Waals surface area (Å²) in [6.45, 7) is 4.05. The third kappa shape index (κ3) is 3.45. The number of anilines is 1. The molecule has 0 spiro atoms. The molecule has 1 amide bonds. The van der Waals surface area contributed by atoms with Gasteiger partial charge in [-0.2, -0.15) is 0 Å². The van der Waals surface area contributed by atoms with Gasteiger partial charge in [-0.1, -0.05) is 0 Å². The minimum Gasteiger partial charge on any atom is -0.327 e. The SMILES string of the molecule is Cc1cc(C(=O)Nc2nc3c(s2)C[C@@H](N)CC3)sc1C.Cl. The number of amides is 1. The van der Waals surface area contributed by atoms with Gasteiger partial charge < -0.3 is 5.73 Å². The number of fused-ring (bicyclic) bond motifs is 1. The summed E-state index contributed by atoms with van der Waals surface area (Å²) in [6, 6.07) is 2.16. The molecule has 21 heavy (non-hydrogen) atoms. The van der Waals surface area contributed by atoms with Crippen molar-refractivity contribution in [3.63, 3.8) is 0 Å². The fourth-order valence-corrected chi connectivity index (χ4v) is 4.32. The van der Waals surface area contributed by atoms with E-state index in [0.717, 1.165) is 35.4 Å². The summed E-state index contributed by atoms with van der Waals surface area (Å²) in [4.78, 5) is 19.9. The Morgan fingerprint density at radius 3 is 2.86 bits per heavy atom. The van der Waals surface area contributed by atoms with Gasteiger partial charge in [-0.3, -0.25) is 10.1 Å². The fourth-order valence-electron chi connectivity index (χ4n) is 2.30. The molecule has 114 valence electrons. The third-order valence-corrected chi connectivity index (χ3v) is 5.77. The van der Waals surface area contributed by atoms with E-state index >= 15 is 0 Å². The van der Waals surface area contributed by atoms with Gasteiger partial charge in [0.15, 0.2) is 5.13 Å². The summed E-state index contributed by atoms with van der Waals surface area (Å²) in [5.74, 6) is -0.0680. The molecule has 7 heteroatoms. The monoisotopic (exact) mass is 343 g/mol. The Hall–Kier alpha value is -0.950. The van der Waals surface area contributed by atoms with E-state index in [9.17, 15) is 4.79 Å². The van der Waals surface area contributed by atoms with Crippen molar-refractivity contribution in [2.45, 2.75) is 39.2 Å². The number of thiophene rings is 1. The number of nitrogens with two attached hydrogens (primary N) is 1. The van der Waals surface area contributed by atoms with E-state index in [4.69, 9.17) is 5.73 Å². The highest BCUT2D eigenvalue weighted by Gasteiger charge is 2.21. The maximum absolute atomic E-state index is 12.2. The Morgan fingerprint density at radius 2 is 2.19 bits per heavy atom. The van der Waals surface area contributed by atoms with Crippen LogP contribution in [0.25, 0.3) is 0 Å². The molecule has 0 bridgehead atoms. The maximum Gasteiger partial charge on any atom is 0.267 e. The second-order valence-electron chi connectivity index (χ2n) is 5.20. The number of aryl methyl sites for hydroxylation is 3. The molecule has 0 aliphatic heterocycles. The Balaban J connectivity index is 0.00000161. The first-order valence-electron chi connectivity index (χ1n) is 6.65. The number of carbonyl (C=O) groups excluding carboxylic acids is 1. The minimum absolute atomic E-state index is 0. The van der Waals surface area contributed by atoms with Gasteiger partial charge in [0.2, 0.25) is 0 Å². The molecule has 1 aliphatic carbocycles. The number of carbonyl (C=O) groups is 1. The van der Waals surface area contributed by atoms with Gasteiger partial charge in [0.25, 0.3) is 5.91 Å². The molecule has 3 N–H and O–H groups in total. The van der Waals surface area contributed by atoms with Crippen molar-refractivity contribution in [2.24, 2.45) is 5.73 Å². The fraction of sp³-hybridized carbons (Fsp3) is 0.429. The lowest BCUT2D eigenvalue weighted by molar-refractivity contribution is 0.103. The Kier molecular flexibility index (Phi) is 5.03. The molecule has 1 aliphatic rings. The number of aromatic nitrogens is 1. The second-order valence-corrected chi connectivity index (χ2v) is 7.54. The first kappa shape index (κ1) is 16.4. The highest BCUT2D eigenvalue weighted by atomic mass is 35.5. The van der Waals surface area contributed by atoms with Gasteiger partial charge in [-0.25, -0.2) is 4.98 Å². The van der Waals surface area contributed by atoms with Crippen LogP contribution in [0, 0.1) is 13.8 Å². The van der Waals surface area contributed by atoms with Crippen LogP contribution in [-0.4, -0.2) is 16.9 Å². The zero-order valence-electron chi connectivity index (χ0n) is 11.9. The number of nitrogens with zero attached hydrogens (tertiary/aromatic N) is 1. The quantitative estimate of drug-likeness (QED) is 0.879. The Morgan fingerprint density at radius 1 is 1.43 bits per heavy atom. The Bertz CT molecular complexity index is 646. The van der Waals surface area contributed by atoms with Crippen LogP contribution in [0.5, 0.6) is 0 Å². The standard InChI is InChI=1S/C14H17N3OS2.ClH/c1-7-5-12(19-8(7)2)13(18)17-14-16-10-4-3-9(15)6-11(10)20-14;/h5,9H,3-4,6,15H2,1-2H3,(H,16,17,18);1H/t9-;/m0./s1. The molecule has 0 aromatic carbocycles. The maximum atomic E-state index is 12.2. The van der Waals surface area contributed by atoms with Crippen molar-refractivity contribution in [1.82, 2.24) is 4.98 Å². The van der Waals surface area contributed by atoms with Crippen molar-refractivity contribution in [3.05, 3.63) is 32.0 Å². The van der Waals surface area contributed by atoms with Crippen molar-refractivity contribution < 1.29 is 4.79 Å². The molecule has 1 atom stereocenters. The summed E-state index contributed by atoms with van der Waals surface area (Å²) in [7, 11) is 0. The molecular formula is C14H18ClN3OS2. The van der Waals surface area contributed by atoms with Crippen LogP contribution in [-0.2, 0) is 12.8 Å². The van der Waals surface area contributed by atoms with E-state index in [1.807, 2.05) is 19.9 Å². The Labute approximate surface area is 138 Å². The van der Waals surface area contributed by atoms with Crippen LogP contribution in [0.2, 0.25) is 0 Å². The minimum atomic E-state index is -0.0680. The number of nitrogens with one attached hydrogen (secondary N) is 1. The van der Waals surface area contributed by atoms with E-state index < -0.39 is 0 Å². The summed E-state index contributed by atoms with van der Waals surface area (Å²) in [5, 5.41) is 3.60. The van der Waals surface area contributed by atoms with Gasteiger partial charge in [-0.15, -0.1) is 35.1 Å². The number of hydrogen-bond acceptors (Lipinski definition) is 5. The highest BCUT2D eigenvalue weighted by molar-refractivity contribution is 7.16. The van der Waals surface area contributed by atoms with Gasteiger partial charge in [0.1, 0.15) is 0 Å². The van der Waals surface area contributed by atoms with Crippen molar-refractivity contribution >= 4 is 46.1 Å². The van der Waals surface area contributed by atoms with E-state index in [0.29, 0.717) is 5.13 Å². The number of halogens is 1. The molecule has 4 nitrogen and oxygen atoms in total. The van der Waals surface area contributed by atoms with Crippen LogP contribution in [0.1, 0.15) is 37.1 Å². The average molecular weight is 344 g/mol. The van der Waals surface area contributed by atoms with Crippen molar-refractivity contribution in [3.8, 4) is 0 Å². The van der Waals surface area contributed by atoms with Crippen LogP contribution < -0.4 is 11.1 Å². The number of hydrogen-bond donors (Lipinski definition) is 2. The lowest BCUT2D eigenvalue weighted by Gasteiger charge is -2.15. The van der Waals surface area contributed by atoms with Gasteiger partial charge in [0.05, 0.1) is 10.6 Å². The van der Waals surface area contributed by atoms with Crippen LogP contribution in [0.3, 0.4) is 0 Å². The van der Waals surface area contributed by atoms with Gasteiger partial charge in [-0.05, 0) is 44.7 Å². The van der Waals surface area contributed by atoms with Crippen LogP contribution >= 0.6 is 35.1 Å². The average Bonchev–Trinajstić information content (AvgIpc) is 2.93. The van der Waals surface area contributed by atoms with E-state index in [1.54, 1.807) is 11.3 Å². The normalized spacial score (nSPS) is 17.0. The molecule has 2 aromatic rings. The molecule has 0 fully saturated rings. The van der Waals surface area contributed by atoms with Gasteiger partial charge in [0, 0.05) is 15.8 Å². The number of rotatable bonds is 2. The summed E-state index contributed by atoms with van der Waals surface area (Å²) < 4.78 is 0. The van der Waals surface area contributed by atoms with Crippen LogP contribution in [0.4, 0.5) is 5.13 Å². The third-order valence-electron chi connectivity index (χ3n) is 3.59. The molecule has 2 aromatic heterocycles. The summed E-state index contributed by atoms with van der Waals surface area (Å²) in [5.41, 5.74) is 8.22.